The van der Waals surface area contributed by atoms with Gasteiger partial charge in [0.2, 0.25) is 0 Å². The van der Waals surface area contributed by atoms with Crippen molar-refractivity contribution in [2.24, 2.45) is 11.8 Å². The standard InChI is InChI=1S/C15H21N/c1-2-16-15-13-9-8-12(10-13)14(15)11-6-4-3-5-7-11/h3-7,12-16H,2,8-10H2,1H3/t12-,13+,14+,15+/m0/s1. The Morgan fingerprint density at radius 1 is 1.12 bits per heavy atom. The Balaban J connectivity index is 1.88. The molecular formula is C15H21N. The number of hydrogen-bond donors (Lipinski definition) is 1. The molecule has 4 atom stereocenters. The molecule has 86 valence electrons. The first kappa shape index (κ1) is 10.3. The van der Waals surface area contributed by atoms with Crippen LogP contribution in [0.2, 0.25) is 0 Å². The van der Waals surface area contributed by atoms with E-state index in [1.54, 1.807) is 5.56 Å². The van der Waals surface area contributed by atoms with Gasteiger partial charge in [-0.3, -0.25) is 0 Å². The lowest BCUT2D eigenvalue weighted by molar-refractivity contribution is 0.315. The van der Waals surface area contributed by atoms with E-state index in [4.69, 9.17) is 0 Å². The summed E-state index contributed by atoms with van der Waals surface area (Å²) in [6, 6.07) is 11.9. The molecule has 0 saturated heterocycles. The first-order valence-electron chi connectivity index (χ1n) is 6.68. The van der Waals surface area contributed by atoms with Crippen molar-refractivity contribution in [3.8, 4) is 0 Å². The maximum Gasteiger partial charge on any atom is 0.0167 e. The molecule has 0 aliphatic heterocycles. The minimum absolute atomic E-state index is 0.742. The molecule has 1 aromatic carbocycles. The van der Waals surface area contributed by atoms with E-state index in [-0.39, 0.29) is 0 Å². The van der Waals surface area contributed by atoms with Gasteiger partial charge in [-0.05, 0) is 43.2 Å². The quantitative estimate of drug-likeness (QED) is 0.816. The van der Waals surface area contributed by atoms with Crippen molar-refractivity contribution in [2.45, 2.75) is 38.1 Å². The number of likely N-dealkylation sites (N-methyl/N-ethyl adjacent to an activating group) is 1. The molecule has 1 N–H and O–H groups in total. The number of nitrogens with one attached hydrogen (secondary N) is 1. The smallest absolute Gasteiger partial charge is 0.0167 e. The molecule has 2 aliphatic rings. The van der Waals surface area contributed by atoms with Gasteiger partial charge in [-0.1, -0.05) is 37.3 Å². The molecule has 0 unspecified atom stereocenters. The Bertz CT molecular complexity index is 346. The Morgan fingerprint density at radius 3 is 2.62 bits per heavy atom. The SMILES string of the molecule is CCN[C@@H]1[C@@H]2CC[C@@H](C2)[C@H]1c1ccccc1. The van der Waals surface area contributed by atoms with E-state index in [0.29, 0.717) is 0 Å². The van der Waals surface area contributed by atoms with Crippen LogP contribution >= 0.6 is 0 Å². The molecule has 1 nitrogen and oxygen atoms in total. The van der Waals surface area contributed by atoms with Gasteiger partial charge < -0.3 is 5.32 Å². The van der Waals surface area contributed by atoms with Gasteiger partial charge in [0.1, 0.15) is 0 Å². The van der Waals surface area contributed by atoms with Gasteiger partial charge in [-0.2, -0.15) is 0 Å². The van der Waals surface area contributed by atoms with E-state index in [2.05, 4.69) is 42.6 Å². The Labute approximate surface area is 98.3 Å². The lowest BCUT2D eigenvalue weighted by atomic mass is 9.80. The fourth-order valence-corrected chi connectivity index (χ4v) is 3.98. The molecule has 0 spiro atoms. The molecule has 2 fully saturated rings. The van der Waals surface area contributed by atoms with Crippen LogP contribution in [-0.2, 0) is 0 Å². The van der Waals surface area contributed by atoms with Crippen molar-refractivity contribution in [1.82, 2.24) is 5.32 Å². The Kier molecular flexibility index (Phi) is 2.72. The van der Waals surface area contributed by atoms with Crippen LogP contribution in [0.1, 0.15) is 37.7 Å². The summed E-state index contributed by atoms with van der Waals surface area (Å²) in [7, 11) is 0. The predicted octanol–water partition coefficient (Wildman–Crippen LogP) is 3.18. The molecule has 0 heterocycles. The lowest BCUT2D eigenvalue weighted by Gasteiger charge is -2.32. The van der Waals surface area contributed by atoms with Crippen molar-refractivity contribution >= 4 is 0 Å². The highest BCUT2D eigenvalue weighted by Crippen LogP contribution is 2.52. The van der Waals surface area contributed by atoms with Gasteiger partial charge in [0, 0.05) is 12.0 Å². The molecule has 1 heteroatoms. The van der Waals surface area contributed by atoms with Crippen LogP contribution in [0.25, 0.3) is 0 Å². The minimum Gasteiger partial charge on any atom is -0.313 e. The van der Waals surface area contributed by atoms with Crippen LogP contribution in [-0.4, -0.2) is 12.6 Å². The highest BCUT2D eigenvalue weighted by Gasteiger charge is 2.47. The van der Waals surface area contributed by atoms with Crippen molar-refractivity contribution in [1.29, 1.82) is 0 Å². The number of fused-ring (bicyclic) bond motifs is 2. The average molecular weight is 215 g/mol. The van der Waals surface area contributed by atoms with Gasteiger partial charge in [-0.15, -0.1) is 0 Å². The Hall–Kier alpha value is -0.820. The largest absolute Gasteiger partial charge is 0.313 e. The zero-order valence-electron chi connectivity index (χ0n) is 10.0. The summed E-state index contributed by atoms with van der Waals surface area (Å²) in [5.74, 6) is 2.66. The van der Waals surface area contributed by atoms with Gasteiger partial charge >= 0.3 is 0 Å². The van der Waals surface area contributed by atoms with Crippen molar-refractivity contribution in [2.75, 3.05) is 6.54 Å². The van der Waals surface area contributed by atoms with E-state index >= 15 is 0 Å². The maximum atomic E-state index is 3.72. The fourth-order valence-electron chi connectivity index (χ4n) is 3.98. The average Bonchev–Trinajstić information content (AvgIpc) is 2.91. The van der Waals surface area contributed by atoms with E-state index in [9.17, 15) is 0 Å². The summed E-state index contributed by atoms with van der Waals surface area (Å²) in [6.45, 7) is 3.34. The molecule has 16 heavy (non-hydrogen) atoms. The Morgan fingerprint density at radius 2 is 1.88 bits per heavy atom. The molecule has 0 radical (unpaired) electrons. The minimum atomic E-state index is 0.742. The first-order valence-corrected chi connectivity index (χ1v) is 6.68. The van der Waals surface area contributed by atoms with Crippen molar-refractivity contribution in [3.05, 3.63) is 35.9 Å². The zero-order chi connectivity index (χ0) is 11.0. The summed E-state index contributed by atoms with van der Waals surface area (Å²) in [5, 5.41) is 3.72. The first-order chi connectivity index (χ1) is 7.90. The van der Waals surface area contributed by atoms with Gasteiger partial charge in [0.15, 0.2) is 0 Å². The monoisotopic (exact) mass is 215 g/mol. The summed E-state index contributed by atoms with van der Waals surface area (Å²) >= 11 is 0. The van der Waals surface area contributed by atoms with E-state index in [1.807, 2.05) is 0 Å². The second kappa shape index (κ2) is 4.21. The predicted molar refractivity (Wildman–Crippen MR) is 67.5 cm³/mol. The van der Waals surface area contributed by atoms with Gasteiger partial charge in [0.25, 0.3) is 0 Å². The summed E-state index contributed by atoms with van der Waals surface area (Å²) < 4.78 is 0. The van der Waals surface area contributed by atoms with Crippen LogP contribution in [0.4, 0.5) is 0 Å². The third-order valence-electron chi connectivity index (χ3n) is 4.54. The summed E-state index contributed by atoms with van der Waals surface area (Å²) in [5.41, 5.74) is 1.56. The second-order valence-corrected chi connectivity index (χ2v) is 5.35. The second-order valence-electron chi connectivity index (χ2n) is 5.35. The molecule has 2 bridgehead atoms. The number of rotatable bonds is 3. The summed E-state index contributed by atoms with van der Waals surface area (Å²) in [4.78, 5) is 0. The van der Waals surface area contributed by atoms with E-state index < -0.39 is 0 Å². The van der Waals surface area contributed by atoms with Gasteiger partial charge in [-0.25, -0.2) is 0 Å². The molecule has 2 saturated carbocycles. The highest BCUT2D eigenvalue weighted by molar-refractivity contribution is 5.26. The molecule has 0 amide bonds. The van der Waals surface area contributed by atoms with E-state index in [1.165, 1.54) is 19.3 Å². The molecule has 1 aromatic rings. The molecular weight excluding hydrogens is 194 g/mol. The zero-order valence-corrected chi connectivity index (χ0v) is 10.0. The third-order valence-corrected chi connectivity index (χ3v) is 4.54. The topological polar surface area (TPSA) is 12.0 Å². The molecule has 3 rings (SSSR count). The van der Waals surface area contributed by atoms with Crippen LogP contribution in [0.3, 0.4) is 0 Å². The number of benzene rings is 1. The molecule has 2 aliphatic carbocycles. The normalized spacial score (nSPS) is 36.8. The van der Waals surface area contributed by atoms with Gasteiger partial charge in [0.05, 0.1) is 0 Å². The summed E-state index contributed by atoms with van der Waals surface area (Å²) in [6.07, 6.45) is 4.36. The fraction of sp³-hybridized carbons (Fsp3) is 0.600. The van der Waals surface area contributed by atoms with E-state index in [0.717, 1.165) is 30.3 Å². The lowest BCUT2D eigenvalue weighted by Crippen LogP contribution is -2.39. The van der Waals surface area contributed by atoms with Crippen LogP contribution in [0.5, 0.6) is 0 Å². The highest BCUT2D eigenvalue weighted by atomic mass is 14.9. The molecule has 0 aromatic heterocycles. The third kappa shape index (κ3) is 1.58. The van der Waals surface area contributed by atoms with Crippen LogP contribution in [0, 0.1) is 11.8 Å². The number of hydrogen-bond acceptors (Lipinski definition) is 1. The van der Waals surface area contributed by atoms with Crippen LogP contribution in [0.15, 0.2) is 30.3 Å². The van der Waals surface area contributed by atoms with Crippen molar-refractivity contribution < 1.29 is 0 Å². The van der Waals surface area contributed by atoms with Crippen LogP contribution < -0.4 is 5.32 Å². The maximum absolute atomic E-state index is 3.72. The van der Waals surface area contributed by atoms with Crippen molar-refractivity contribution in [3.63, 3.8) is 0 Å².